The summed E-state index contributed by atoms with van der Waals surface area (Å²) in [5.41, 5.74) is 5.30. The Morgan fingerprint density at radius 3 is 1.46 bits per heavy atom. The van der Waals surface area contributed by atoms with Gasteiger partial charge in [0.1, 0.15) is 0 Å². The smallest absolute Gasteiger partial charge is 0.159 e. The number of aryl methyl sites for hydroxylation is 2. The molecule has 7 heteroatoms. The molecular weight excluding hydrogens is 446 g/mol. The van der Waals surface area contributed by atoms with Crippen molar-refractivity contribution in [3.05, 3.63) is 89.6 Å². The van der Waals surface area contributed by atoms with Crippen LogP contribution >= 0.6 is 57.8 Å². The minimum Gasteiger partial charge on any atom is -0.326 e. The fraction of sp³-hybridized carbons (Fsp3) is 0.190. The molecule has 0 fully saturated rings. The molecule has 4 aromatic rings. The Morgan fingerprint density at radius 1 is 0.714 bits per heavy atom. The molecule has 150 valence electrons. The summed E-state index contributed by atoms with van der Waals surface area (Å²) in [4.78, 5) is 14.9. The van der Waals surface area contributed by atoms with Gasteiger partial charge in [0, 0.05) is 21.2 Å². The van der Waals surface area contributed by atoms with Crippen molar-refractivity contribution in [2.24, 2.45) is 5.73 Å². The van der Waals surface area contributed by atoms with Gasteiger partial charge in [-0.2, -0.15) is 0 Å². The minimum atomic E-state index is 0. The highest BCUT2D eigenvalue weighted by Gasteiger charge is 1.96. The van der Waals surface area contributed by atoms with Gasteiger partial charge in [0.2, 0.25) is 0 Å². The number of thiophene rings is 4. The molecule has 0 amide bonds. The Labute approximate surface area is 189 Å². The van der Waals surface area contributed by atoms with Gasteiger partial charge >= 0.3 is 0 Å². The molecule has 4 rings (SSSR count). The van der Waals surface area contributed by atoms with Gasteiger partial charge in [0.15, 0.2) is 6.29 Å². The monoisotopic (exact) mass is 469 g/mol. The molecule has 0 unspecified atom stereocenters. The van der Waals surface area contributed by atoms with E-state index in [1.165, 1.54) is 45.2 Å². The molecule has 0 atom stereocenters. The summed E-state index contributed by atoms with van der Waals surface area (Å²) in [6.07, 6.45) is 4.59. The first-order valence-corrected chi connectivity index (χ1v) is 12.1. The summed E-state index contributed by atoms with van der Waals surface area (Å²) in [5, 5.41) is 8.22. The second-order valence-corrected chi connectivity index (χ2v) is 9.51. The molecule has 0 aliphatic heterocycles. The van der Waals surface area contributed by atoms with Crippen molar-refractivity contribution in [2.75, 3.05) is 0 Å². The number of halogens is 1. The van der Waals surface area contributed by atoms with Gasteiger partial charge in [-0.15, -0.1) is 57.8 Å². The summed E-state index contributed by atoms with van der Waals surface area (Å²) in [6.45, 7) is 0.678. The van der Waals surface area contributed by atoms with Gasteiger partial charge in [0.25, 0.3) is 0 Å². The van der Waals surface area contributed by atoms with E-state index in [0.29, 0.717) is 6.54 Å². The fourth-order valence-corrected chi connectivity index (χ4v) is 4.75. The average molecular weight is 470 g/mol. The predicted octanol–water partition coefficient (Wildman–Crippen LogP) is 7.17. The zero-order valence-electron chi connectivity index (χ0n) is 15.4. The van der Waals surface area contributed by atoms with Crippen molar-refractivity contribution in [1.29, 1.82) is 0 Å². The molecule has 0 saturated carbocycles. The number of nitrogens with two attached hydrogens (primary N) is 1. The number of rotatable bonds is 6. The van der Waals surface area contributed by atoms with E-state index in [-0.39, 0.29) is 12.4 Å². The molecule has 4 heterocycles. The van der Waals surface area contributed by atoms with Crippen LogP contribution in [0.15, 0.2) is 70.1 Å². The van der Waals surface area contributed by atoms with Gasteiger partial charge in [-0.1, -0.05) is 24.3 Å². The Hall–Kier alpha value is -1.28. The van der Waals surface area contributed by atoms with Crippen LogP contribution in [0.2, 0.25) is 0 Å². The molecule has 0 radical (unpaired) electrons. The summed E-state index contributed by atoms with van der Waals surface area (Å²) in [6, 6.07) is 16.4. The summed E-state index contributed by atoms with van der Waals surface area (Å²) in [5.74, 6) is 0. The topological polar surface area (TPSA) is 43.1 Å². The zero-order chi connectivity index (χ0) is 19.2. The SMILES string of the molecule is Cl.NCc1cccs1.O=Cc1cccs1.c1csc(CCCc2cccs2)c1. The number of hydrogen-bond acceptors (Lipinski definition) is 6. The lowest BCUT2D eigenvalue weighted by Gasteiger charge is -1.95. The number of carbonyl (C=O) groups is 1. The van der Waals surface area contributed by atoms with Crippen molar-refractivity contribution in [2.45, 2.75) is 25.8 Å². The maximum atomic E-state index is 9.88. The van der Waals surface area contributed by atoms with E-state index in [2.05, 4.69) is 35.0 Å². The van der Waals surface area contributed by atoms with Crippen LogP contribution in [0.5, 0.6) is 0 Å². The average Bonchev–Trinajstić information content (AvgIpc) is 3.52. The van der Waals surface area contributed by atoms with Gasteiger partial charge < -0.3 is 5.73 Å². The predicted molar refractivity (Wildman–Crippen MR) is 130 cm³/mol. The Balaban J connectivity index is 0.000000224. The van der Waals surface area contributed by atoms with E-state index < -0.39 is 0 Å². The van der Waals surface area contributed by atoms with Crippen molar-refractivity contribution in [3.63, 3.8) is 0 Å². The molecule has 2 N–H and O–H groups in total. The molecule has 0 bridgehead atoms. The van der Waals surface area contributed by atoms with Crippen LogP contribution in [-0.4, -0.2) is 6.29 Å². The quantitative estimate of drug-likeness (QED) is 0.304. The Kier molecular flexibility index (Phi) is 13.8. The van der Waals surface area contributed by atoms with Crippen LogP contribution in [0.3, 0.4) is 0 Å². The zero-order valence-corrected chi connectivity index (χ0v) is 19.4. The molecule has 0 aliphatic rings. The Bertz CT molecular complexity index is 776. The Morgan fingerprint density at radius 2 is 1.18 bits per heavy atom. The maximum absolute atomic E-state index is 9.88. The maximum Gasteiger partial charge on any atom is 0.159 e. The van der Waals surface area contributed by atoms with Crippen LogP contribution < -0.4 is 5.73 Å². The van der Waals surface area contributed by atoms with E-state index in [0.717, 1.165) is 11.2 Å². The highest BCUT2D eigenvalue weighted by atomic mass is 35.5. The second kappa shape index (κ2) is 15.6. The third-order valence-electron chi connectivity index (χ3n) is 3.45. The highest BCUT2D eigenvalue weighted by molar-refractivity contribution is 7.11. The largest absolute Gasteiger partial charge is 0.326 e. The first-order valence-electron chi connectivity index (χ1n) is 8.57. The van der Waals surface area contributed by atoms with Gasteiger partial charge in [-0.3, -0.25) is 4.79 Å². The molecule has 2 nitrogen and oxygen atoms in total. The van der Waals surface area contributed by atoms with Crippen molar-refractivity contribution >= 4 is 64.0 Å². The molecule has 4 aromatic heterocycles. The van der Waals surface area contributed by atoms with E-state index >= 15 is 0 Å². The van der Waals surface area contributed by atoms with Crippen molar-refractivity contribution < 1.29 is 4.79 Å². The third kappa shape index (κ3) is 10.3. The van der Waals surface area contributed by atoms with E-state index in [9.17, 15) is 4.79 Å². The van der Waals surface area contributed by atoms with Gasteiger partial charge in [-0.05, 0) is 65.0 Å². The van der Waals surface area contributed by atoms with Crippen LogP contribution in [-0.2, 0) is 19.4 Å². The molecule has 0 saturated heterocycles. The van der Waals surface area contributed by atoms with Crippen LogP contribution in [0.25, 0.3) is 0 Å². The number of carbonyl (C=O) groups excluding carboxylic acids is 1. The molecule has 0 spiro atoms. The van der Waals surface area contributed by atoms with E-state index in [1.807, 2.05) is 51.6 Å². The minimum absolute atomic E-state index is 0. The first kappa shape index (κ1) is 24.8. The normalized spacial score (nSPS) is 9.32. The third-order valence-corrected chi connectivity index (χ3v) is 7.02. The summed E-state index contributed by atoms with van der Waals surface area (Å²) in [7, 11) is 0. The lowest BCUT2D eigenvalue weighted by Crippen LogP contribution is -1.90. The van der Waals surface area contributed by atoms with Crippen LogP contribution in [0.1, 0.15) is 30.7 Å². The van der Waals surface area contributed by atoms with Gasteiger partial charge in [0.05, 0.1) is 4.88 Å². The standard InChI is InChI=1S/C11H12S2.C5H7NS.C5H4OS.ClH/c1(4-10-6-2-8-12-10)5-11-7-3-9-13-11;2*6-4-5-2-1-3-7-5;/h2-3,6-9H,1,4-5H2;1-3H,4,6H2;1-4H;1H. The van der Waals surface area contributed by atoms with Crippen LogP contribution in [0, 0.1) is 0 Å². The van der Waals surface area contributed by atoms with Gasteiger partial charge in [-0.25, -0.2) is 0 Å². The number of aldehydes is 1. The highest BCUT2D eigenvalue weighted by Crippen LogP contribution is 2.15. The molecule has 0 aromatic carbocycles. The lowest BCUT2D eigenvalue weighted by molar-refractivity contribution is 0.112. The second-order valence-electron chi connectivity index (χ2n) is 5.43. The van der Waals surface area contributed by atoms with Crippen molar-refractivity contribution in [1.82, 2.24) is 0 Å². The lowest BCUT2D eigenvalue weighted by atomic mass is 10.2. The first-order chi connectivity index (χ1) is 13.3. The van der Waals surface area contributed by atoms with Crippen LogP contribution in [0.4, 0.5) is 0 Å². The number of hydrogen-bond donors (Lipinski definition) is 1. The fourth-order valence-electron chi connectivity index (χ4n) is 2.13. The summed E-state index contributed by atoms with van der Waals surface area (Å²) < 4.78 is 0. The molecular formula is C21H24ClNOS4. The summed E-state index contributed by atoms with van der Waals surface area (Å²) >= 11 is 6.88. The van der Waals surface area contributed by atoms with E-state index in [4.69, 9.17) is 5.73 Å². The molecule has 0 aliphatic carbocycles. The van der Waals surface area contributed by atoms with Crippen molar-refractivity contribution in [3.8, 4) is 0 Å². The van der Waals surface area contributed by atoms with E-state index in [1.54, 1.807) is 17.4 Å². The molecule has 28 heavy (non-hydrogen) atoms.